The second-order valence-electron chi connectivity index (χ2n) is 7.37. The molecule has 0 atom stereocenters. The van der Waals surface area contributed by atoms with Crippen LogP contribution in [0.5, 0.6) is 0 Å². The summed E-state index contributed by atoms with van der Waals surface area (Å²) in [7, 11) is 2.21. The fraction of sp³-hybridized carbons (Fsp3) is 0.364. The van der Waals surface area contributed by atoms with E-state index >= 15 is 0 Å². The molecule has 28 heavy (non-hydrogen) atoms. The standard InChI is InChI=1S/C20H22N6.C2H6/c1-11-22-19-15(9-18(21)25-20(19)23-11)17-8-13-7-12(3-6-16(13)24-17)10-26(2)14-4-5-14;1-2/h3,6-9,14,24H,4-5,10H2,1-2H3,(H3,21,22,23,25);1-2H3. The van der Waals surface area contributed by atoms with Crippen molar-refractivity contribution in [3.8, 4) is 11.3 Å². The SMILES string of the molecule is CC.Cc1nc2nc(N)cc(-c3cc4cc(CN(C)C5CC5)ccc4[nH]3)c2[nH]1. The van der Waals surface area contributed by atoms with E-state index in [0.29, 0.717) is 11.5 Å². The highest BCUT2D eigenvalue weighted by Gasteiger charge is 2.25. The summed E-state index contributed by atoms with van der Waals surface area (Å²) in [4.78, 5) is 18.0. The first-order valence-corrected chi connectivity index (χ1v) is 10.0. The van der Waals surface area contributed by atoms with Gasteiger partial charge in [-0.2, -0.15) is 0 Å². The van der Waals surface area contributed by atoms with Gasteiger partial charge in [-0.05, 0) is 56.6 Å². The molecule has 0 unspecified atom stereocenters. The molecule has 0 amide bonds. The van der Waals surface area contributed by atoms with Crippen molar-refractivity contribution >= 4 is 27.9 Å². The first kappa shape index (κ1) is 18.5. The van der Waals surface area contributed by atoms with Gasteiger partial charge in [-0.3, -0.25) is 4.90 Å². The van der Waals surface area contributed by atoms with E-state index in [1.54, 1.807) is 0 Å². The van der Waals surface area contributed by atoms with E-state index in [0.717, 1.165) is 40.7 Å². The van der Waals surface area contributed by atoms with Crippen molar-refractivity contribution in [3.63, 3.8) is 0 Å². The Morgan fingerprint density at radius 1 is 1.11 bits per heavy atom. The van der Waals surface area contributed by atoms with E-state index in [2.05, 4.69) is 56.1 Å². The molecule has 1 aromatic carbocycles. The molecule has 1 fully saturated rings. The van der Waals surface area contributed by atoms with Crippen LogP contribution < -0.4 is 5.73 Å². The van der Waals surface area contributed by atoms with Crippen molar-refractivity contribution in [1.29, 1.82) is 0 Å². The largest absolute Gasteiger partial charge is 0.384 e. The van der Waals surface area contributed by atoms with Gasteiger partial charge in [0.25, 0.3) is 0 Å². The Balaban J connectivity index is 0.000000932. The van der Waals surface area contributed by atoms with Gasteiger partial charge in [-0.1, -0.05) is 19.9 Å². The number of nitrogens with zero attached hydrogens (tertiary/aromatic N) is 3. The molecule has 4 N–H and O–H groups in total. The van der Waals surface area contributed by atoms with Gasteiger partial charge >= 0.3 is 0 Å². The van der Waals surface area contributed by atoms with E-state index < -0.39 is 0 Å². The fourth-order valence-electron chi connectivity index (χ4n) is 3.69. The lowest BCUT2D eigenvalue weighted by molar-refractivity contribution is 0.316. The highest BCUT2D eigenvalue weighted by Crippen LogP contribution is 2.31. The number of benzene rings is 1. The number of H-pyrrole nitrogens is 2. The third-order valence-electron chi connectivity index (χ3n) is 5.18. The highest BCUT2D eigenvalue weighted by molar-refractivity contribution is 5.95. The Labute approximate surface area is 165 Å². The Morgan fingerprint density at radius 2 is 1.89 bits per heavy atom. The molecule has 0 bridgehead atoms. The van der Waals surface area contributed by atoms with Crippen LogP contribution in [0.4, 0.5) is 5.82 Å². The average molecular weight is 377 g/mol. The Morgan fingerprint density at radius 3 is 2.64 bits per heavy atom. The van der Waals surface area contributed by atoms with Gasteiger partial charge in [0.05, 0.1) is 5.52 Å². The number of aryl methyl sites for hydroxylation is 1. The summed E-state index contributed by atoms with van der Waals surface area (Å²) >= 11 is 0. The molecule has 1 aliphatic carbocycles. The Kier molecular flexibility index (Phi) is 4.81. The molecule has 0 saturated heterocycles. The summed E-state index contributed by atoms with van der Waals surface area (Å²) in [6.45, 7) is 6.92. The molecule has 3 heterocycles. The number of fused-ring (bicyclic) bond motifs is 2. The predicted octanol–water partition coefficient (Wildman–Crippen LogP) is 4.62. The molecule has 0 radical (unpaired) electrons. The minimum atomic E-state index is 0.476. The third-order valence-corrected chi connectivity index (χ3v) is 5.18. The number of nitrogens with two attached hydrogens (primary N) is 1. The van der Waals surface area contributed by atoms with Crippen LogP contribution >= 0.6 is 0 Å². The maximum Gasteiger partial charge on any atom is 0.180 e. The van der Waals surface area contributed by atoms with E-state index in [4.69, 9.17) is 5.73 Å². The van der Waals surface area contributed by atoms with Crippen LogP contribution in [0.2, 0.25) is 0 Å². The van der Waals surface area contributed by atoms with Crippen LogP contribution in [-0.4, -0.2) is 37.9 Å². The number of nitrogen functional groups attached to an aromatic ring is 1. The molecule has 146 valence electrons. The lowest BCUT2D eigenvalue weighted by Crippen LogP contribution is -2.19. The smallest absolute Gasteiger partial charge is 0.180 e. The molecular weight excluding hydrogens is 348 g/mol. The molecule has 6 nitrogen and oxygen atoms in total. The summed E-state index contributed by atoms with van der Waals surface area (Å²) in [5.41, 5.74) is 12.1. The monoisotopic (exact) mass is 376 g/mol. The van der Waals surface area contributed by atoms with Gasteiger partial charge in [-0.25, -0.2) is 9.97 Å². The van der Waals surface area contributed by atoms with Crippen LogP contribution in [0.15, 0.2) is 30.3 Å². The normalized spacial score (nSPS) is 13.9. The molecule has 1 aliphatic rings. The van der Waals surface area contributed by atoms with E-state index in [-0.39, 0.29) is 0 Å². The lowest BCUT2D eigenvalue weighted by Gasteiger charge is -2.15. The van der Waals surface area contributed by atoms with Crippen molar-refractivity contribution < 1.29 is 0 Å². The summed E-state index contributed by atoms with van der Waals surface area (Å²) in [5.74, 6) is 1.31. The number of rotatable bonds is 4. The number of hydrogen-bond acceptors (Lipinski definition) is 4. The zero-order valence-corrected chi connectivity index (χ0v) is 17.0. The van der Waals surface area contributed by atoms with Crippen molar-refractivity contribution in [3.05, 3.63) is 41.7 Å². The van der Waals surface area contributed by atoms with Crippen LogP contribution in [0.1, 0.15) is 38.1 Å². The number of hydrogen-bond donors (Lipinski definition) is 3. The van der Waals surface area contributed by atoms with Gasteiger partial charge in [0.2, 0.25) is 0 Å². The topological polar surface area (TPSA) is 86.6 Å². The maximum absolute atomic E-state index is 5.99. The van der Waals surface area contributed by atoms with Gasteiger partial charge in [0, 0.05) is 34.7 Å². The molecule has 3 aromatic heterocycles. The minimum absolute atomic E-state index is 0.476. The highest BCUT2D eigenvalue weighted by atomic mass is 15.1. The third kappa shape index (κ3) is 3.47. The second-order valence-corrected chi connectivity index (χ2v) is 7.37. The van der Waals surface area contributed by atoms with E-state index in [1.807, 2.05) is 26.8 Å². The molecule has 1 saturated carbocycles. The first-order chi connectivity index (χ1) is 13.6. The Bertz CT molecular complexity index is 1120. The van der Waals surface area contributed by atoms with Crippen LogP contribution in [-0.2, 0) is 6.54 Å². The zero-order valence-electron chi connectivity index (χ0n) is 17.0. The molecule has 4 aromatic rings. The van der Waals surface area contributed by atoms with Crippen molar-refractivity contribution in [2.24, 2.45) is 0 Å². The summed E-state index contributed by atoms with van der Waals surface area (Å²) in [5, 5.41) is 1.21. The number of aromatic amines is 2. The molecule has 0 spiro atoms. The second kappa shape index (κ2) is 7.28. The van der Waals surface area contributed by atoms with E-state index in [1.165, 1.54) is 23.8 Å². The molecule has 0 aliphatic heterocycles. The van der Waals surface area contributed by atoms with Crippen LogP contribution in [0.25, 0.3) is 33.3 Å². The van der Waals surface area contributed by atoms with Crippen molar-refractivity contribution in [2.45, 2.75) is 46.2 Å². The predicted molar refractivity (Wildman–Crippen MR) is 116 cm³/mol. The van der Waals surface area contributed by atoms with Crippen LogP contribution in [0, 0.1) is 6.92 Å². The summed E-state index contributed by atoms with van der Waals surface area (Å²) in [6.07, 6.45) is 2.66. The average Bonchev–Trinajstić information content (AvgIpc) is 3.35. The number of imidazole rings is 1. The van der Waals surface area contributed by atoms with Gasteiger partial charge in [0.15, 0.2) is 5.65 Å². The zero-order chi connectivity index (χ0) is 19.8. The quantitative estimate of drug-likeness (QED) is 0.485. The number of nitrogens with one attached hydrogen (secondary N) is 2. The molecule has 5 rings (SSSR count). The van der Waals surface area contributed by atoms with E-state index in [9.17, 15) is 0 Å². The number of pyridine rings is 1. The molecular formula is C22H28N6. The summed E-state index contributed by atoms with van der Waals surface area (Å²) in [6, 6.07) is 11.5. The van der Waals surface area contributed by atoms with Gasteiger partial charge in [0.1, 0.15) is 11.6 Å². The van der Waals surface area contributed by atoms with Crippen LogP contribution in [0.3, 0.4) is 0 Å². The number of aromatic nitrogens is 4. The summed E-state index contributed by atoms with van der Waals surface area (Å²) < 4.78 is 0. The number of anilines is 1. The molecule has 6 heteroatoms. The minimum Gasteiger partial charge on any atom is -0.384 e. The van der Waals surface area contributed by atoms with Crippen molar-refractivity contribution in [1.82, 2.24) is 24.8 Å². The van der Waals surface area contributed by atoms with Crippen molar-refractivity contribution in [2.75, 3.05) is 12.8 Å². The maximum atomic E-state index is 5.99. The van der Waals surface area contributed by atoms with Gasteiger partial charge in [-0.15, -0.1) is 0 Å². The fourth-order valence-corrected chi connectivity index (χ4v) is 3.69. The Hall–Kier alpha value is -2.86. The van der Waals surface area contributed by atoms with Gasteiger partial charge < -0.3 is 15.7 Å². The lowest BCUT2D eigenvalue weighted by atomic mass is 10.1. The first-order valence-electron chi connectivity index (χ1n) is 10.0.